The minimum absolute atomic E-state index is 0.0825. The van der Waals surface area contributed by atoms with Crippen molar-refractivity contribution in [3.8, 4) is 11.5 Å². The number of benzene rings is 2. The van der Waals surface area contributed by atoms with Crippen LogP contribution in [0.4, 0.5) is 0 Å². The molecule has 0 saturated heterocycles. The fourth-order valence-electron chi connectivity index (χ4n) is 2.34. The van der Waals surface area contributed by atoms with Gasteiger partial charge in [0.1, 0.15) is 0 Å². The van der Waals surface area contributed by atoms with Crippen molar-refractivity contribution in [1.29, 1.82) is 0 Å². The van der Waals surface area contributed by atoms with E-state index in [0.717, 1.165) is 29.7 Å². The highest BCUT2D eigenvalue weighted by atomic mass is 16.5. The molecule has 0 atom stereocenters. The van der Waals surface area contributed by atoms with E-state index < -0.39 is 0 Å². The molecule has 0 heterocycles. The summed E-state index contributed by atoms with van der Waals surface area (Å²) >= 11 is 0. The molecule has 2 rings (SSSR count). The van der Waals surface area contributed by atoms with Crippen molar-refractivity contribution in [2.75, 3.05) is 13.7 Å². The van der Waals surface area contributed by atoms with Crippen molar-refractivity contribution in [3.63, 3.8) is 0 Å². The minimum Gasteiger partial charge on any atom is -0.493 e. The van der Waals surface area contributed by atoms with Crippen LogP contribution in [0.3, 0.4) is 0 Å². The summed E-state index contributed by atoms with van der Waals surface area (Å²) in [6.45, 7) is 5.22. The number of aryl methyl sites for hydroxylation is 1. The van der Waals surface area contributed by atoms with Gasteiger partial charge < -0.3 is 14.8 Å². The van der Waals surface area contributed by atoms with Crippen LogP contribution in [-0.4, -0.2) is 19.6 Å². The Kier molecular flexibility index (Phi) is 6.67. The maximum Gasteiger partial charge on any atom is 0.251 e. The van der Waals surface area contributed by atoms with Crippen LogP contribution in [-0.2, 0) is 6.54 Å². The van der Waals surface area contributed by atoms with Crippen molar-refractivity contribution in [2.24, 2.45) is 0 Å². The Bertz CT molecular complexity index is 682. The Morgan fingerprint density at radius 3 is 2.67 bits per heavy atom. The molecule has 128 valence electrons. The van der Waals surface area contributed by atoms with Crippen molar-refractivity contribution < 1.29 is 14.3 Å². The lowest BCUT2D eigenvalue weighted by Gasteiger charge is -2.12. The van der Waals surface area contributed by atoms with Gasteiger partial charge in [-0.05, 0) is 43.2 Å². The third kappa shape index (κ3) is 5.01. The molecule has 0 bridgehead atoms. The molecular weight excluding hydrogens is 302 g/mol. The third-order valence-corrected chi connectivity index (χ3v) is 3.72. The average Bonchev–Trinajstić information content (AvgIpc) is 2.60. The SMILES string of the molecule is CCCCOc1ccc(CNC(=O)c2cccc(C)c2)cc1OC. The molecule has 1 N–H and O–H groups in total. The van der Waals surface area contributed by atoms with Crippen molar-refractivity contribution in [1.82, 2.24) is 5.32 Å². The van der Waals surface area contributed by atoms with Crippen LogP contribution in [0.15, 0.2) is 42.5 Å². The second-order valence-electron chi connectivity index (χ2n) is 5.74. The molecule has 1 amide bonds. The maximum atomic E-state index is 12.2. The van der Waals surface area contributed by atoms with Gasteiger partial charge in [-0.25, -0.2) is 0 Å². The molecule has 2 aromatic carbocycles. The van der Waals surface area contributed by atoms with Gasteiger partial charge in [-0.15, -0.1) is 0 Å². The molecule has 4 heteroatoms. The van der Waals surface area contributed by atoms with Crippen LogP contribution in [0.5, 0.6) is 11.5 Å². The van der Waals surface area contributed by atoms with E-state index in [0.29, 0.717) is 24.5 Å². The molecule has 0 fully saturated rings. The number of carbonyl (C=O) groups is 1. The molecule has 24 heavy (non-hydrogen) atoms. The Balaban J connectivity index is 1.98. The van der Waals surface area contributed by atoms with Gasteiger partial charge in [0.15, 0.2) is 11.5 Å². The van der Waals surface area contributed by atoms with Crippen molar-refractivity contribution in [2.45, 2.75) is 33.2 Å². The first kappa shape index (κ1) is 17.9. The van der Waals surface area contributed by atoms with Crippen LogP contribution in [0.2, 0.25) is 0 Å². The van der Waals surface area contributed by atoms with Crippen LogP contribution in [0.25, 0.3) is 0 Å². The van der Waals surface area contributed by atoms with Gasteiger partial charge in [0.05, 0.1) is 13.7 Å². The molecule has 0 saturated carbocycles. The highest BCUT2D eigenvalue weighted by molar-refractivity contribution is 5.94. The van der Waals surface area contributed by atoms with Gasteiger partial charge in [-0.3, -0.25) is 4.79 Å². The number of ether oxygens (including phenoxy) is 2. The largest absolute Gasteiger partial charge is 0.493 e. The summed E-state index contributed by atoms with van der Waals surface area (Å²) in [7, 11) is 1.62. The van der Waals surface area contributed by atoms with Gasteiger partial charge in [0, 0.05) is 12.1 Å². The van der Waals surface area contributed by atoms with E-state index in [4.69, 9.17) is 9.47 Å². The summed E-state index contributed by atoms with van der Waals surface area (Å²) in [5.74, 6) is 1.34. The molecule has 0 aliphatic rings. The number of carbonyl (C=O) groups excluding carboxylic acids is 1. The molecule has 2 aromatic rings. The number of hydrogen-bond donors (Lipinski definition) is 1. The highest BCUT2D eigenvalue weighted by Crippen LogP contribution is 2.28. The zero-order valence-electron chi connectivity index (χ0n) is 14.6. The van der Waals surface area contributed by atoms with Crippen molar-refractivity contribution >= 4 is 5.91 Å². The lowest BCUT2D eigenvalue weighted by atomic mass is 10.1. The standard InChI is InChI=1S/C20H25NO3/c1-4-5-11-24-18-10-9-16(13-19(18)23-3)14-21-20(22)17-8-6-7-15(2)12-17/h6-10,12-13H,4-5,11,14H2,1-3H3,(H,21,22). The number of nitrogens with one attached hydrogen (secondary N) is 1. The lowest BCUT2D eigenvalue weighted by molar-refractivity contribution is 0.0951. The first-order chi connectivity index (χ1) is 11.6. The molecular formula is C20H25NO3. The Labute approximate surface area is 143 Å². The summed E-state index contributed by atoms with van der Waals surface area (Å²) in [5, 5.41) is 2.93. The predicted octanol–water partition coefficient (Wildman–Crippen LogP) is 4.11. The zero-order chi connectivity index (χ0) is 17.4. The van der Waals surface area contributed by atoms with Gasteiger partial charge >= 0.3 is 0 Å². The topological polar surface area (TPSA) is 47.6 Å². The van der Waals surface area contributed by atoms with E-state index in [2.05, 4.69) is 12.2 Å². The Morgan fingerprint density at radius 1 is 1.12 bits per heavy atom. The average molecular weight is 327 g/mol. The quantitative estimate of drug-likeness (QED) is 0.742. The smallest absolute Gasteiger partial charge is 0.251 e. The number of amides is 1. The highest BCUT2D eigenvalue weighted by Gasteiger charge is 2.08. The van der Waals surface area contributed by atoms with E-state index in [1.54, 1.807) is 7.11 Å². The van der Waals surface area contributed by atoms with E-state index in [9.17, 15) is 4.79 Å². The van der Waals surface area contributed by atoms with E-state index in [1.807, 2.05) is 49.4 Å². The van der Waals surface area contributed by atoms with E-state index >= 15 is 0 Å². The molecule has 0 unspecified atom stereocenters. The maximum absolute atomic E-state index is 12.2. The molecule has 0 aliphatic carbocycles. The normalized spacial score (nSPS) is 10.3. The van der Waals surface area contributed by atoms with Gasteiger partial charge in [0.25, 0.3) is 5.91 Å². The summed E-state index contributed by atoms with van der Waals surface area (Å²) < 4.78 is 11.1. The summed E-state index contributed by atoms with van der Waals surface area (Å²) in [5.41, 5.74) is 2.70. The Morgan fingerprint density at radius 2 is 1.96 bits per heavy atom. The minimum atomic E-state index is -0.0825. The first-order valence-corrected chi connectivity index (χ1v) is 8.28. The zero-order valence-corrected chi connectivity index (χ0v) is 14.6. The number of methoxy groups -OCH3 is 1. The molecule has 4 nitrogen and oxygen atoms in total. The fourth-order valence-corrected chi connectivity index (χ4v) is 2.34. The second-order valence-corrected chi connectivity index (χ2v) is 5.74. The summed E-state index contributed by atoms with van der Waals surface area (Å²) in [6.07, 6.45) is 2.10. The second kappa shape index (κ2) is 8.96. The number of unbranched alkanes of at least 4 members (excludes halogenated alkanes) is 1. The summed E-state index contributed by atoms with van der Waals surface area (Å²) in [4.78, 5) is 12.2. The van der Waals surface area contributed by atoms with Crippen LogP contribution >= 0.6 is 0 Å². The van der Waals surface area contributed by atoms with Gasteiger partial charge in [-0.1, -0.05) is 37.1 Å². The molecule has 0 spiro atoms. The van der Waals surface area contributed by atoms with Crippen LogP contribution < -0.4 is 14.8 Å². The van der Waals surface area contributed by atoms with Gasteiger partial charge in [0.2, 0.25) is 0 Å². The first-order valence-electron chi connectivity index (χ1n) is 8.28. The predicted molar refractivity (Wildman–Crippen MR) is 95.7 cm³/mol. The third-order valence-electron chi connectivity index (χ3n) is 3.72. The monoisotopic (exact) mass is 327 g/mol. The van der Waals surface area contributed by atoms with E-state index in [1.165, 1.54) is 0 Å². The Hall–Kier alpha value is -2.49. The van der Waals surface area contributed by atoms with Crippen LogP contribution in [0.1, 0.15) is 41.3 Å². The van der Waals surface area contributed by atoms with Crippen LogP contribution in [0, 0.1) is 6.92 Å². The van der Waals surface area contributed by atoms with Crippen molar-refractivity contribution in [3.05, 3.63) is 59.2 Å². The molecule has 0 radical (unpaired) electrons. The van der Waals surface area contributed by atoms with Gasteiger partial charge in [-0.2, -0.15) is 0 Å². The molecule has 0 aromatic heterocycles. The molecule has 0 aliphatic heterocycles. The summed E-state index contributed by atoms with van der Waals surface area (Å²) in [6, 6.07) is 13.3. The lowest BCUT2D eigenvalue weighted by Crippen LogP contribution is -2.22. The van der Waals surface area contributed by atoms with E-state index in [-0.39, 0.29) is 5.91 Å². The number of rotatable bonds is 8. The fraction of sp³-hybridized carbons (Fsp3) is 0.350. The number of hydrogen-bond acceptors (Lipinski definition) is 3.